The van der Waals surface area contributed by atoms with E-state index in [1.807, 2.05) is 30.3 Å². The number of thioether (sulfide) groups is 1. The van der Waals surface area contributed by atoms with Crippen LogP contribution in [0.2, 0.25) is 0 Å². The molecule has 25 heavy (non-hydrogen) atoms. The maximum absolute atomic E-state index is 13.1. The van der Waals surface area contributed by atoms with Gasteiger partial charge in [0.05, 0.1) is 11.4 Å². The van der Waals surface area contributed by atoms with Crippen LogP contribution in [0.1, 0.15) is 12.2 Å². The number of nitrogens with zero attached hydrogens (tertiary/aromatic N) is 4. The van der Waals surface area contributed by atoms with E-state index >= 15 is 0 Å². The van der Waals surface area contributed by atoms with Crippen molar-refractivity contribution in [3.63, 3.8) is 0 Å². The molecule has 8 heteroatoms. The number of benzene rings is 2. The topological polar surface area (TPSA) is 72.7 Å². The van der Waals surface area contributed by atoms with Crippen molar-refractivity contribution in [3.8, 4) is 5.69 Å². The number of amides is 1. The number of hydrogen-bond donors (Lipinski definition) is 1. The van der Waals surface area contributed by atoms with Crippen LogP contribution < -0.4 is 5.32 Å². The highest BCUT2D eigenvalue weighted by Crippen LogP contribution is 2.15. The Kier molecular flexibility index (Phi) is 5.73. The van der Waals surface area contributed by atoms with Gasteiger partial charge in [-0.2, -0.15) is 16.4 Å². The van der Waals surface area contributed by atoms with Crippen LogP contribution in [0.25, 0.3) is 5.69 Å². The number of hydrogen-bond acceptors (Lipinski definition) is 5. The molecule has 1 amide bonds. The van der Waals surface area contributed by atoms with Crippen molar-refractivity contribution in [1.29, 1.82) is 0 Å². The number of carbonyl (C=O) groups excluding carboxylic acids is 1. The molecule has 0 fully saturated rings. The summed E-state index contributed by atoms with van der Waals surface area (Å²) in [6.07, 6.45) is 0.327. The summed E-state index contributed by atoms with van der Waals surface area (Å²) >= 11 is 1.56. The Morgan fingerprint density at radius 3 is 2.80 bits per heavy atom. The molecule has 1 N–H and O–H groups in total. The molecule has 0 saturated carbocycles. The Balaban J connectivity index is 1.46. The first kappa shape index (κ1) is 17.1. The summed E-state index contributed by atoms with van der Waals surface area (Å²) in [5.74, 6) is 1.40. The highest BCUT2D eigenvalue weighted by atomic mass is 32.2. The number of halogens is 1. The Hall–Kier alpha value is -2.74. The van der Waals surface area contributed by atoms with Gasteiger partial charge in [-0.05, 0) is 40.8 Å². The van der Waals surface area contributed by atoms with Crippen LogP contribution in [0.5, 0.6) is 0 Å². The van der Waals surface area contributed by atoms with Crippen LogP contribution in [0.3, 0.4) is 0 Å². The zero-order valence-corrected chi connectivity index (χ0v) is 14.1. The van der Waals surface area contributed by atoms with Crippen molar-refractivity contribution in [2.45, 2.75) is 12.2 Å². The SMILES string of the molecule is O=C(CCSCc1nnnn1-c1ccccc1)Nc1cccc(F)c1. The van der Waals surface area contributed by atoms with Crippen molar-refractivity contribution in [2.24, 2.45) is 0 Å². The fourth-order valence-corrected chi connectivity index (χ4v) is 3.02. The summed E-state index contributed by atoms with van der Waals surface area (Å²) in [4.78, 5) is 11.9. The smallest absolute Gasteiger partial charge is 0.225 e. The molecule has 3 rings (SSSR count). The molecule has 0 radical (unpaired) electrons. The minimum Gasteiger partial charge on any atom is -0.326 e. The molecule has 0 atom stereocenters. The van der Waals surface area contributed by atoms with E-state index in [-0.39, 0.29) is 11.7 Å². The molecule has 0 bridgehead atoms. The lowest BCUT2D eigenvalue weighted by atomic mass is 10.3. The van der Waals surface area contributed by atoms with E-state index in [0.29, 0.717) is 23.6 Å². The molecular weight excluding hydrogens is 341 g/mol. The fourth-order valence-electron chi connectivity index (χ4n) is 2.18. The molecular formula is C17H16FN5OS. The fraction of sp³-hybridized carbons (Fsp3) is 0.176. The molecule has 1 heterocycles. The van der Waals surface area contributed by atoms with Gasteiger partial charge in [0.25, 0.3) is 0 Å². The summed E-state index contributed by atoms with van der Waals surface area (Å²) in [6.45, 7) is 0. The van der Waals surface area contributed by atoms with Gasteiger partial charge in [0, 0.05) is 17.9 Å². The van der Waals surface area contributed by atoms with E-state index < -0.39 is 0 Å². The normalized spacial score (nSPS) is 10.6. The Morgan fingerprint density at radius 1 is 1.16 bits per heavy atom. The standard InChI is InChI=1S/C17H16FN5OS/c18-13-5-4-6-14(11-13)19-17(24)9-10-25-12-16-20-21-22-23(16)15-7-2-1-3-8-15/h1-8,11H,9-10,12H2,(H,19,24). The third-order valence-corrected chi connectivity index (χ3v) is 4.30. The molecule has 0 aliphatic heterocycles. The Bertz CT molecular complexity index is 840. The minimum absolute atomic E-state index is 0.152. The van der Waals surface area contributed by atoms with Crippen molar-refractivity contribution in [3.05, 3.63) is 66.2 Å². The van der Waals surface area contributed by atoms with Gasteiger partial charge < -0.3 is 5.32 Å². The van der Waals surface area contributed by atoms with Gasteiger partial charge >= 0.3 is 0 Å². The number of rotatable bonds is 7. The summed E-state index contributed by atoms with van der Waals surface area (Å²) in [5, 5.41) is 14.4. The van der Waals surface area contributed by atoms with Crippen LogP contribution in [0.15, 0.2) is 54.6 Å². The highest BCUT2D eigenvalue weighted by Gasteiger charge is 2.09. The van der Waals surface area contributed by atoms with Crippen molar-refractivity contribution < 1.29 is 9.18 Å². The van der Waals surface area contributed by atoms with Crippen LogP contribution >= 0.6 is 11.8 Å². The van der Waals surface area contributed by atoms with Gasteiger partial charge in [0.15, 0.2) is 5.82 Å². The van der Waals surface area contributed by atoms with E-state index in [9.17, 15) is 9.18 Å². The molecule has 3 aromatic rings. The third-order valence-electron chi connectivity index (χ3n) is 3.35. The lowest BCUT2D eigenvalue weighted by Gasteiger charge is -2.06. The Labute approximate surface area is 148 Å². The molecule has 0 unspecified atom stereocenters. The lowest BCUT2D eigenvalue weighted by Crippen LogP contribution is -2.12. The summed E-state index contributed by atoms with van der Waals surface area (Å²) < 4.78 is 14.8. The number of aromatic nitrogens is 4. The summed E-state index contributed by atoms with van der Waals surface area (Å²) in [5.41, 5.74) is 1.36. The van der Waals surface area contributed by atoms with Crippen molar-refractivity contribution in [1.82, 2.24) is 20.2 Å². The number of tetrazole rings is 1. The van der Waals surface area contributed by atoms with Crippen molar-refractivity contribution in [2.75, 3.05) is 11.1 Å². The largest absolute Gasteiger partial charge is 0.326 e. The number of anilines is 1. The molecule has 0 aliphatic carbocycles. The predicted octanol–water partition coefficient (Wildman–Crippen LogP) is 3.06. The van der Waals surface area contributed by atoms with Crippen LogP contribution in [-0.4, -0.2) is 31.9 Å². The molecule has 128 valence electrons. The van der Waals surface area contributed by atoms with Gasteiger partial charge in [0.2, 0.25) is 5.91 Å². The highest BCUT2D eigenvalue weighted by molar-refractivity contribution is 7.98. The van der Waals surface area contributed by atoms with Gasteiger partial charge in [0.1, 0.15) is 5.82 Å². The summed E-state index contributed by atoms with van der Waals surface area (Å²) in [6, 6.07) is 15.5. The van der Waals surface area contributed by atoms with Gasteiger partial charge in [-0.1, -0.05) is 24.3 Å². The number of nitrogens with one attached hydrogen (secondary N) is 1. The van der Waals surface area contributed by atoms with Crippen LogP contribution in [0, 0.1) is 5.82 Å². The van der Waals surface area contributed by atoms with E-state index in [4.69, 9.17) is 0 Å². The first-order valence-electron chi connectivity index (χ1n) is 7.68. The van der Waals surface area contributed by atoms with Crippen LogP contribution in [0.4, 0.5) is 10.1 Å². The van der Waals surface area contributed by atoms with E-state index in [1.165, 1.54) is 12.1 Å². The molecule has 0 saturated heterocycles. The lowest BCUT2D eigenvalue weighted by molar-refractivity contribution is -0.115. The van der Waals surface area contributed by atoms with E-state index in [1.54, 1.807) is 28.6 Å². The second-order valence-electron chi connectivity index (χ2n) is 5.20. The average Bonchev–Trinajstić information content (AvgIpc) is 3.08. The second-order valence-corrected chi connectivity index (χ2v) is 6.31. The molecule has 0 spiro atoms. The maximum atomic E-state index is 13.1. The number of para-hydroxylation sites is 1. The van der Waals surface area contributed by atoms with E-state index in [0.717, 1.165) is 11.5 Å². The first-order valence-corrected chi connectivity index (χ1v) is 8.84. The van der Waals surface area contributed by atoms with Crippen LogP contribution in [-0.2, 0) is 10.5 Å². The van der Waals surface area contributed by atoms with Gasteiger partial charge in [-0.15, -0.1) is 5.10 Å². The average molecular weight is 357 g/mol. The monoisotopic (exact) mass is 357 g/mol. The third kappa shape index (κ3) is 4.87. The van der Waals surface area contributed by atoms with Crippen molar-refractivity contribution >= 4 is 23.4 Å². The molecule has 1 aromatic heterocycles. The summed E-state index contributed by atoms with van der Waals surface area (Å²) in [7, 11) is 0. The van der Waals surface area contributed by atoms with Gasteiger partial charge in [-0.25, -0.2) is 4.39 Å². The maximum Gasteiger partial charge on any atom is 0.225 e. The second kappa shape index (κ2) is 8.39. The quantitative estimate of drug-likeness (QED) is 0.658. The number of carbonyl (C=O) groups is 1. The zero-order valence-electron chi connectivity index (χ0n) is 13.3. The van der Waals surface area contributed by atoms with E-state index in [2.05, 4.69) is 20.8 Å². The molecule has 2 aromatic carbocycles. The molecule has 0 aliphatic rings. The molecule has 6 nitrogen and oxygen atoms in total. The van der Waals surface area contributed by atoms with Gasteiger partial charge in [-0.3, -0.25) is 4.79 Å². The zero-order chi connectivity index (χ0) is 17.5. The minimum atomic E-state index is -0.375. The first-order chi connectivity index (χ1) is 12.2. The Morgan fingerprint density at radius 2 is 2.00 bits per heavy atom. The predicted molar refractivity (Wildman–Crippen MR) is 95.0 cm³/mol.